The van der Waals surface area contributed by atoms with Gasteiger partial charge in [-0.15, -0.1) is 0 Å². The second-order valence-corrected chi connectivity index (χ2v) is 4.07. The van der Waals surface area contributed by atoms with Gasteiger partial charge in [0, 0.05) is 17.1 Å². The van der Waals surface area contributed by atoms with Crippen molar-refractivity contribution in [1.29, 1.82) is 0 Å². The molecule has 1 aliphatic rings. The van der Waals surface area contributed by atoms with E-state index in [1.807, 2.05) is 0 Å². The molecule has 1 aliphatic carbocycles. The monoisotopic (exact) mass is 232 g/mol. The van der Waals surface area contributed by atoms with E-state index in [0.29, 0.717) is 19.1 Å². The SMILES string of the molecule is C=C(Br)CNC(=O)CNC1CC1. The summed E-state index contributed by atoms with van der Waals surface area (Å²) in [6.45, 7) is 4.54. The minimum absolute atomic E-state index is 0.0301. The molecule has 0 heterocycles. The van der Waals surface area contributed by atoms with E-state index in [9.17, 15) is 4.79 Å². The molecule has 0 spiro atoms. The molecule has 1 fully saturated rings. The van der Waals surface area contributed by atoms with Crippen molar-refractivity contribution < 1.29 is 4.79 Å². The Balaban J connectivity index is 1.98. The highest BCUT2D eigenvalue weighted by Crippen LogP contribution is 2.17. The number of halogens is 1. The fourth-order valence-corrected chi connectivity index (χ4v) is 0.922. The smallest absolute Gasteiger partial charge is 0.234 e. The van der Waals surface area contributed by atoms with Crippen LogP contribution in [0.1, 0.15) is 12.8 Å². The Labute approximate surface area is 80.7 Å². The maximum absolute atomic E-state index is 11.0. The first-order valence-electron chi connectivity index (χ1n) is 4.02. The molecule has 0 aliphatic heterocycles. The number of hydrogen-bond acceptors (Lipinski definition) is 2. The molecule has 0 bridgehead atoms. The van der Waals surface area contributed by atoms with Crippen molar-refractivity contribution in [3.05, 3.63) is 11.1 Å². The van der Waals surface area contributed by atoms with E-state index in [0.717, 1.165) is 4.48 Å². The predicted molar refractivity (Wildman–Crippen MR) is 52.1 cm³/mol. The molecule has 0 unspecified atom stereocenters. The lowest BCUT2D eigenvalue weighted by molar-refractivity contribution is -0.120. The maximum atomic E-state index is 11.0. The van der Waals surface area contributed by atoms with Crippen LogP contribution in [0, 0.1) is 0 Å². The fraction of sp³-hybridized carbons (Fsp3) is 0.625. The summed E-state index contributed by atoms with van der Waals surface area (Å²) in [7, 11) is 0. The minimum Gasteiger partial charge on any atom is -0.350 e. The molecular formula is C8H13BrN2O. The van der Waals surface area contributed by atoms with Crippen molar-refractivity contribution in [3.63, 3.8) is 0 Å². The van der Waals surface area contributed by atoms with E-state index in [1.165, 1.54) is 12.8 Å². The van der Waals surface area contributed by atoms with Gasteiger partial charge in [0.2, 0.25) is 5.91 Å². The van der Waals surface area contributed by atoms with Gasteiger partial charge < -0.3 is 10.6 Å². The highest BCUT2D eigenvalue weighted by Gasteiger charge is 2.20. The van der Waals surface area contributed by atoms with Crippen LogP contribution in [0.2, 0.25) is 0 Å². The van der Waals surface area contributed by atoms with Crippen molar-refractivity contribution in [3.8, 4) is 0 Å². The third-order valence-corrected chi connectivity index (χ3v) is 1.89. The summed E-state index contributed by atoms with van der Waals surface area (Å²) in [6.07, 6.45) is 2.41. The molecule has 0 saturated heterocycles. The van der Waals surface area contributed by atoms with Crippen molar-refractivity contribution in [2.45, 2.75) is 18.9 Å². The maximum Gasteiger partial charge on any atom is 0.234 e. The van der Waals surface area contributed by atoms with E-state index in [1.54, 1.807) is 0 Å². The normalized spacial score (nSPS) is 15.8. The van der Waals surface area contributed by atoms with Gasteiger partial charge in [-0.25, -0.2) is 0 Å². The summed E-state index contributed by atoms with van der Waals surface area (Å²) in [5.41, 5.74) is 0. The number of amides is 1. The summed E-state index contributed by atoms with van der Waals surface area (Å²) in [5.74, 6) is 0.0301. The lowest BCUT2D eigenvalue weighted by atomic mass is 10.5. The molecule has 1 saturated carbocycles. The highest BCUT2D eigenvalue weighted by atomic mass is 79.9. The van der Waals surface area contributed by atoms with Crippen LogP contribution in [0.5, 0.6) is 0 Å². The first-order valence-corrected chi connectivity index (χ1v) is 4.81. The van der Waals surface area contributed by atoms with E-state index in [2.05, 4.69) is 33.1 Å². The molecule has 0 atom stereocenters. The van der Waals surface area contributed by atoms with Crippen molar-refractivity contribution in [2.75, 3.05) is 13.1 Å². The third kappa shape index (κ3) is 4.51. The largest absolute Gasteiger partial charge is 0.350 e. The quantitative estimate of drug-likeness (QED) is 0.736. The minimum atomic E-state index is 0.0301. The Hall–Kier alpha value is -0.350. The summed E-state index contributed by atoms with van der Waals surface area (Å²) >= 11 is 3.17. The van der Waals surface area contributed by atoms with Gasteiger partial charge in [0.25, 0.3) is 0 Å². The van der Waals surface area contributed by atoms with Crippen LogP contribution in [0.4, 0.5) is 0 Å². The summed E-state index contributed by atoms with van der Waals surface area (Å²) in [4.78, 5) is 11.0. The first-order chi connectivity index (χ1) is 5.68. The summed E-state index contributed by atoms with van der Waals surface area (Å²) < 4.78 is 0.794. The zero-order valence-electron chi connectivity index (χ0n) is 6.90. The van der Waals surface area contributed by atoms with Gasteiger partial charge in [-0.2, -0.15) is 0 Å². The Morgan fingerprint density at radius 1 is 1.50 bits per heavy atom. The average Bonchev–Trinajstić information content (AvgIpc) is 2.80. The Morgan fingerprint density at radius 3 is 2.67 bits per heavy atom. The van der Waals surface area contributed by atoms with Gasteiger partial charge in [0.15, 0.2) is 0 Å². The van der Waals surface area contributed by atoms with Gasteiger partial charge in [-0.3, -0.25) is 4.79 Å². The average molecular weight is 233 g/mol. The molecule has 68 valence electrons. The molecule has 1 rings (SSSR count). The highest BCUT2D eigenvalue weighted by molar-refractivity contribution is 9.11. The molecule has 12 heavy (non-hydrogen) atoms. The number of rotatable bonds is 5. The van der Waals surface area contributed by atoms with Crippen LogP contribution in [0.15, 0.2) is 11.1 Å². The molecule has 1 amide bonds. The topological polar surface area (TPSA) is 41.1 Å². The predicted octanol–water partition coefficient (Wildman–Crippen LogP) is 0.763. The van der Waals surface area contributed by atoms with Crippen LogP contribution in [0.3, 0.4) is 0 Å². The van der Waals surface area contributed by atoms with Gasteiger partial charge >= 0.3 is 0 Å². The van der Waals surface area contributed by atoms with Crippen molar-refractivity contribution in [1.82, 2.24) is 10.6 Å². The molecule has 3 nitrogen and oxygen atoms in total. The number of carbonyl (C=O) groups excluding carboxylic acids is 1. The van der Waals surface area contributed by atoms with Crippen molar-refractivity contribution >= 4 is 21.8 Å². The Kier molecular flexibility index (Phi) is 3.75. The standard InChI is InChI=1S/C8H13BrN2O/c1-6(9)4-11-8(12)5-10-7-2-3-7/h7,10H,1-5H2,(H,11,12). The molecule has 0 aromatic heterocycles. The fourth-order valence-electron chi connectivity index (χ4n) is 0.781. The third-order valence-electron chi connectivity index (χ3n) is 1.61. The van der Waals surface area contributed by atoms with Crippen molar-refractivity contribution in [2.24, 2.45) is 0 Å². The molecule has 4 heteroatoms. The van der Waals surface area contributed by atoms with Crippen LogP contribution in [-0.2, 0) is 4.79 Å². The zero-order chi connectivity index (χ0) is 8.97. The lowest BCUT2D eigenvalue weighted by Gasteiger charge is -2.03. The second kappa shape index (κ2) is 4.62. The summed E-state index contributed by atoms with van der Waals surface area (Å²) in [5, 5.41) is 5.84. The van der Waals surface area contributed by atoms with E-state index >= 15 is 0 Å². The molecule has 0 radical (unpaired) electrons. The second-order valence-electron chi connectivity index (χ2n) is 2.95. The van der Waals surface area contributed by atoms with Crippen LogP contribution in [-0.4, -0.2) is 25.0 Å². The Morgan fingerprint density at radius 2 is 2.17 bits per heavy atom. The van der Waals surface area contributed by atoms with E-state index in [4.69, 9.17) is 0 Å². The van der Waals surface area contributed by atoms with Gasteiger partial charge in [-0.05, 0) is 12.8 Å². The molecular weight excluding hydrogens is 220 g/mol. The Bertz CT molecular complexity index is 189. The molecule has 0 aromatic rings. The lowest BCUT2D eigenvalue weighted by Crippen LogP contribution is -2.35. The van der Waals surface area contributed by atoms with Crippen LogP contribution < -0.4 is 10.6 Å². The zero-order valence-corrected chi connectivity index (χ0v) is 8.49. The molecule has 2 N–H and O–H groups in total. The number of carbonyl (C=O) groups is 1. The van der Waals surface area contributed by atoms with E-state index in [-0.39, 0.29) is 5.91 Å². The first kappa shape index (κ1) is 9.74. The number of hydrogen-bond donors (Lipinski definition) is 2. The number of nitrogens with one attached hydrogen (secondary N) is 2. The van der Waals surface area contributed by atoms with Crippen LogP contribution >= 0.6 is 15.9 Å². The van der Waals surface area contributed by atoms with Gasteiger partial charge in [0.05, 0.1) is 6.54 Å². The van der Waals surface area contributed by atoms with Gasteiger partial charge in [0.1, 0.15) is 0 Å². The van der Waals surface area contributed by atoms with Crippen LogP contribution in [0.25, 0.3) is 0 Å². The molecule has 0 aromatic carbocycles. The van der Waals surface area contributed by atoms with Gasteiger partial charge in [-0.1, -0.05) is 22.5 Å². The van der Waals surface area contributed by atoms with E-state index < -0.39 is 0 Å². The summed E-state index contributed by atoms with van der Waals surface area (Å²) in [6, 6.07) is 0.586.